The standard InChI is InChI=1S/C11H17BrN2O2S/c1-9(7-13)8-14(2)17(15,16)11-6-4-3-5-10(11)12/h3-6,9H,7-8,13H2,1-2H3. The molecule has 96 valence electrons. The molecule has 0 aromatic heterocycles. The van der Waals surface area contributed by atoms with Gasteiger partial charge in [-0.15, -0.1) is 0 Å². The number of sulfonamides is 1. The molecule has 0 aliphatic carbocycles. The SMILES string of the molecule is CC(CN)CN(C)S(=O)(=O)c1ccccc1Br. The smallest absolute Gasteiger partial charge is 0.243 e. The second-order valence-corrected chi connectivity index (χ2v) is 6.92. The van der Waals surface area contributed by atoms with Crippen molar-refractivity contribution in [3.8, 4) is 0 Å². The van der Waals surface area contributed by atoms with Crippen molar-refractivity contribution in [3.05, 3.63) is 28.7 Å². The Morgan fingerprint density at radius 3 is 2.53 bits per heavy atom. The fraction of sp³-hybridized carbons (Fsp3) is 0.455. The Labute approximate surface area is 111 Å². The summed E-state index contributed by atoms with van der Waals surface area (Å²) in [6.07, 6.45) is 0. The van der Waals surface area contributed by atoms with Crippen LogP contribution in [-0.4, -0.2) is 32.9 Å². The van der Waals surface area contributed by atoms with E-state index in [0.717, 1.165) is 0 Å². The van der Waals surface area contributed by atoms with Gasteiger partial charge in [0.25, 0.3) is 0 Å². The Hall–Kier alpha value is -0.430. The summed E-state index contributed by atoms with van der Waals surface area (Å²) in [5, 5.41) is 0. The minimum absolute atomic E-state index is 0.136. The Morgan fingerprint density at radius 2 is 2.00 bits per heavy atom. The molecular weight excluding hydrogens is 304 g/mol. The molecule has 1 aromatic rings. The molecule has 1 aromatic carbocycles. The van der Waals surface area contributed by atoms with E-state index >= 15 is 0 Å². The lowest BCUT2D eigenvalue weighted by Crippen LogP contribution is -2.33. The van der Waals surface area contributed by atoms with E-state index < -0.39 is 10.0 Å². The molecule has 4 nitrogen and oxygen atoms in total. The third-order valence-corrected chi connectivity index (χ3v) is 5.33. The van der Waals surface area contributed by atoms with E-state index in [1.54, 1.807) is 31.3 Å². The maximum atomic E-state index is 12.3. The van der Waals surface area contributed by atoms with Crippen molar-refractivity contribution < 1.29 is 8.42 Å². The largest absolute Gasteiger partial charge is 0.330 e. The van der Waals surface area contributed by atoms with Crippen LogP contribution in [0.1, 0.15) is 6.92 Å². The summed E-state index contributed by atoms with van der Waals surface area (Å²) in [4.78, 5) is 0.284. The van der Waals surface area contributed by atoms with Gasteiger partial charge < -0.3 is 5.73 Å². The van der Waals surface area contributed by atoms with Gasteiger partial charge in [-0.05, 0) is 40.5 Å². The lowest BCUT2D eigenvalue weighted by molar-refractivity contribution is 0.405. The molecule has 6 heteroatoms. The summed E-state index contributed by atoms with van der Waals surface area (Å²) in [7, 11) is -1.87. The summed E-state index contributed by atoms with van der Waals surface area (Å²) in [5.41, 5.74) is 5.50. The van der Waals surface area contributed by atoms with Crippen LogP contribution in [0.5, 0.6) is 0 Å². The molecule has 1 unspecified atom stereocenters. The van der Waals surface area contributed by atoms with Crippen molar-refractivity contribution in [1.29, 1.82) is 0 Å². The summed E-state index contributed by atoms with van der Waals surface area (Å²) in [6, 6.07) is 6.79. The Balaban J connectivity index is 3.00. The second-order valence-electron chi connectivity index (χ2n) is 4.06. The molecular formula is C11H17BrN2O2S. The minimum atomic E-state index is -3.44. The van der Waals surface area contributed by atoms with E-state index in [1.807, 2.05) is 6.92 Å². The number of nitrogens with zero attached hydrogens (tertiary/aromatic N) is 1. The predicted molar refractivity (Wildman–Crippen MR) is 72.2 cm³/mol. The molecule has 0 bridgehead atoms. The normalized spacial score (nSPS) is 13.9. The number of hydrogen-bond donors (Lipinski definition) is 1. The number of benzene rings is 1. The maximum absolute atomic E-state index is 12.3. The molecule has 2 N–H and O–H groups in total. The van der Waals surface area contributed by atoms with Gasteiger partial charge in [-0.25, -0.2) is 12.7 Å². The van der Waals surface area contributed by atoms with Crippen LogP contribution < -0.4 is 5.73 Å². The summed E-state index contributed by atoms with van der Waals surface area (Å²) in [6.45, 7) is 2.81. The van der Waals surface area contributed by atoms with Gasteiger partial charge in [-0.3, -0.25) is 0 Å². The zero-order valence-corrected chi connectivity index (χ0v) is 12.3. The van der Waals surface area contributed by atoms with E-state index in [0.29, 0.717) is 17.6 Å². The number of hydrogen-bond acceptors (Lipinski definition) is 3. The third-order valence-electron chi connectivity index (χ3n) is 2.50. The first-order valence-corrected chi connectivity index (χ1v) is 7.53. The van der Waals surface area contributed by atoms with Crippen LogP contribution in [0.3, 0.4) is 0 Å². The van der Waals surface area contributed by atoms with Crippen molar-refractivity contribution in [2.24, 2.45) is 11.7 Å². The zero-order valence-electron chi connectivity index (χ0n) is 9.93. The molecule has 1 atom stereocenters. The van der Waals surface area contributed by atoms with Crippen molar-refractivity contribution in [1.82, 2.24) is 4.31 Å². The highest BCUT2D eigenvalue weighted by Crippen LogP contribution is 2.24. The van der Waals surface area contributed by atoms with Gasteiger partial charge in [0.1, 0.15) is 0 Å². The van der Waals surface area contributed by atoms with E-state index in [1.165, 1.54) is 4.31 Å². The van der Waals surface area contributed by atoms with E-state index in [4.69, 9.17) is 5.73 Å². The Morgan fingerprint density at radius 1 is 1.41 bits per heavy atom. The fourth-order valence-electron chi connectivity index (χ4n) is 1.43. The minimum Gasteiger partial charge on any atom is -0.330 e. The second kappa shape index (κ2) is 5.95. The predicted octanol–water partition coefficient (Wildman–Crippen LogP) is 1.66. The van der Waals surface area contributed by atoms with Crippen LogP contribution in [-0.2, 0) is 10.0 Å². The average Bonchev–Trinajstić information content (AvgIpc) is 2.29. The molecule has 0 radical (unpaired) electrons. The lowest BCUT2D eigenvalue weighted by Gasteiger charge is -2.20. The Kier molecular flexibility index (Phi) is 5.12. The number of rotatable bonds is 5. The molecule has 0 fully saturated rings. The van der Waals surface area contributed by atoms with Crippen molar-refractivity contribution in [2.75, 3.05) is 20.1 Å². The first kappa shape index (κ1) is 14.6. The van der Waals surface area contributed by atoms with Crippen molar-refractivity contribution in [2.45, 2.75) is 11.8 Å². The van der Waals surface area contributed by atoms with Gasteiger partial charge in [0.15, 0.2) is 0 Å². The first-order chi connectivity index (χ1) is 7.89. The maximum Gasteiger partial charge on any atom is 0.243 e. The van der Waals surface area contributed by atoms with Gasteiger partial charge in [0, 0.05) is 18.1 Å². The van der Waals surface area contributed by atoms with Gasteiger partial charge in [-0.1, -0.05) is 19.1 Å². The van der Waals surface area contributed by atoms with E-state index in [2.05, 4.69) is 15.9 Å². The highest BCUT2D eigenvalue weighted by Gasteiger charge is 2.23. The van der Waals surface area contributed by atoms with Gasteiger partial charge >= 0.3 is 0 Å². The molecule has 0 spiro atoms. The molecule has 0 saturated heterocycles. The van der Waals surface area contributed by atoms with Crippen LogP contribution in [0.15, 0.2) is 33.6 Å². The van der Waals surface area contributed by atoms with Crippen LogP contribution in [0.25, 0.3) is 0 Å². The topological polar surface area (TPSA) is 63.4 Å². The molecule has 0 amide bonds. The van der Waals surface area contributed by atoms with Crippen LogP contribution in [0, 0.1) is 5.92 Å². The Bertz CT molecular complexity index is 476. The molecule has 0 saturated carbocycles. The van der Waals surface area contributed by atoms with Gasteiger partial charge in [-0.2, -0.15) is 0 Å². The first-order valence-electron chi connectivity index (χ1n) is 5.30. The summed E-state index contributed by atoms with van der Waals surface area (Å²) < 4.78 is 26.4. The van der Waals surface area contributed by atoms with Crippen molar-refractivity contribution >= 4 is 26.0 Å². The molecule has 1 rings (SSSR count). The van der Waals surface area contributed by atoms with Crippen LogP contribution in [0.4, 0.5) is 0 Å². The highest BCUT2D eigenvalue weighted by atomic mass is 79.9. The van der Waals surface area contributed by atoms with Crippen LogP contribution in [0.2, 0.25) is 0 Å². The van der Waals surface area contributed by atoms with Gasteiger partial charge in [0.2, 0.25) is 10.0 Å². The average molecular weight is 321 g/mol. The monoisotopic (exact) mass is 320 g/mol. The number of halogens is 1. The molecule has 0 aliphatic heterocycles. The lowest BCUT2D eigenvalue weighted by atomic mass is 10.2. The third kappa shape index (κ3) is 3.51. The zero-order chi connectivity index (χ0) is 13.1. The van der Waals surface area contributed by atoms with Gasteiger partial charge in [0.05, 0.1) is 4.90 Å². The molecule has 0 aliphatic rings. The molecule has 0 heterocycles. The van der Waals surface area contributed by atoms with Crippen LogP contribution >= 0.6 is 15.9 Å². The summed E-state index contributed by atoms with van der Waals surface area (Å²) in [5.74, 6) is 0.136. The van der Waals surface area contributed by atoms with E-state index in [9.17, 15) is 8.42 Å². The quantitative estimate of drug-likeness (QED) is 0.897. The highest BCUT2D eigenvalue weighted by molar-refractivity contribution is 9.10. The van der Waals surface area contributed by atoms with Crippen molar-refractivity contribution in [3.63, 3.8) is 0 Å². The summed E-state index contributed by atoms with van der Waals surface area (Å²) >= 11 is 3.25. The number of nitrogens with two attached hydrogens (primary N) is 1. The molecule has 17 heavy (non-hydrogen) atoms. The fourth-order valence-corrected chi connectivity index (χ4v) is 3.68. The van der Waals surface area contributed by atoms with E-state index in [-0.39, 0.29) is 10.8 Å².